The first kappa shape index (κ1) is 19.1. The van der Waals surface area contributed by atoms with Gasteiger partial charge in [0, 0.05) is 4.47 Å². The summed E-state index contributed by atoms with van der Waals surface area (Å²) in [5.74, 6) is -1.32. The summed E-state index contributed by atoms with van der Waals surface area (Å²) >= 11 is 4.40. The average Bonchev–Trinajstić information content (AvgIpc) is 3.10. The molecule has 0 fully saturated rings. The first-order valence-corrected chi connectivity index (χ1v) is 8.87. The summed E-state index contributed by atoms with van der Waals surface area (Å²) in [5, 5.41) is 2.81. The fraction of sp³-hybridized carbons (Fsp3) is 0.235. The molecule has 2 aromatic rings. The summed E-state index contributed by atoms with van der Waals surface area (Å²) in [6.45, 7) is 0. The van der Waals surface area contributed by atoms with Crippen LogP contribution >= 0.6 is 27.3 Å². The molecule has 0 aliphatic rings. The highest BCUT2D eigenvalue weighted by Gasteiger charge is 2.21. The predicted molar refractivity (Wildman–Crippen MR) is 96.6 cm³/mol. The Hall–Kier alpha value is -2.19. The molecule has 2 rings (SSSR count). The van der Waals surface area contributed by atoms with Crippen molar-refractivity contribution < 1.29 is 23.9 Å². The molecule has 0 radical (unpaired) electrons. The van der Waals surface area contributed by atoms with Crippen molar-refractivity contribution in [2.75, 3.05) is 14.2 Å². The maximum absolute atomic E-state index is 12.5. The Bertz CT molecular complexity index is 789. The smallest absolute Gasteiger partial charge is 0.348 e. The molecule has 0 aliphatic carbocycles. The van der Waals surface area contributed by atoms with Gasteiger partial charge in [0.15, 0.2) is 0 Å². The number of carbonyl (C=O) groups is 3. The molecule has 0 saturated carbocycles. The van der Waals surface area contributed by atoms with Gasteiger partial charge in [-0.05, 0) is 29.8 Å². The first-order valence-electron chi connectivity index (χ1n) is 7.26. The zero-order valence-electron chi connectivity index (χ0n) is 13.6. The summed E-state index contributed by atoms with van der Waals surface area (Å²) in [5.41, 5.74) is 0.762. The van der Waals surface area contributed by atoms with Gasteiger partial charge in [0.2, 0.25) is 0 Å². The zero-order valence-corrected chi connectivity index (χ0v) is 16.0. The van der Waals surface area contributed by atoms with Gasteiger partial charge in [-0.3, -0.25) is 9.59 Å². The number of thiophene rings is 1. The van der Waals surface area contributed by atoms with Crippen molar-refractivity contribution in [3.05, 3.63) is 56.2 Å². The minimum atomic E-state index is -0.555. The van der Waals surface area contributed by atoms with Crippen LogP contribution in [0.3, 0.4) is 0 Å². The summed E-state index contributed by atoms with van der Waals surface area (Å²) in [6, 6.07) is 9.82. The van der Waals surface area contributed by atoms with Gasteiger partial charge in [0.1, 0.15) is 4.88 Å². The van der Waals surface area contributed by atoms with E-state index in [1.165, 1.54) is 20.3 Å². The van der Waals surface area contributed by atoms with Gasteiger partial charge >= 0.3 is 11.9 Å². The van der Waals surface area contributed by atoms with E-state index >= 15 is 0 Å². The molecule has 6 nitrogen and oxygen atoms in total. The van der Waals surface area contributed by atoms with Crippen LogP contribution < -0.4 is 5.32 Å². The third kappa shape index (κ3) is 5.14. The molecule has 1 heterocycles. The van der Waals surface area contributed by atoms with Crippen molar-refractivity contribution in [2.24, 2.45) is 0 Å². The Kier molecular flexibility index (Phi) is 6.72. The molecule has 1 aromatic heterocycles. The van der Waals surface area contributed by atoms with E-state index in [1.807, 2.05) is 24.3 Å². The highest BCUT2D eigenvalue weighted by atomic mass is 79.9. The fourth-order valence-corrected chi connectivity index (χ4v) is 3.37. The molecular weight excluding hydrogens is 410 g/mol. The predicted octanol–water partition coefficient (Wildman–Crippen LogP) is 3.33. The summed E-state index contributed by atoms with van der Waals surface area (Å²) in [4.78, 5) is 36.4. The van der Waals surface area contributed by atoms with Crippen LogP contribution in [0, 0.1) is 0 Å². The first-order chi connectivity index (χ1) is 11.9. The molecule has 0 bridgehead atoms. The Morgan fingerprint density at radius 3 is 2.48 bits per heavy atom. The zero-order chi connectivity index (χ0) is 18.4. The Morgan fingerprint density at radius 2 is 1.84 bits per heavy atom. The van der Waals surface area contributed by atoms with Crippen LogP contribution in [-0.2, 0) is 14.3 Å². The van der Waals surface area contributed by atoms with E-state index in [2.05, 4.69) is 26.0 Å². The van der Waals surface area contributed by atoms with Crippen molar-refractivity contribution >= 4 is 45.1 Å². The summed E-state index contributed by atoms with van der Waals surface area (Å²) in [7, 11) is 2.57. The minimum absolute atomic E-state index is 0.00602. The number of hydrogen-bond acceptors (Lipinski definition) is 6. The maximum Gasteiger partial charge on any atom is 0.348 e. The number of rotatable bonds is 6. The molecule has 0 saturated heterocycles. The maximum atomic E-state index is 12.5. The molecule has 1 amide bonds. The van der Waals surface area contributed by atoms with Gasteiger partial charge < -0.3 is 14.8 Å². The quantitative estimate of drug-likeness (QED) is 0.717. The van der Waals surface area contributed by atoms with Gasteiger partial charge in [-0.25, -0.2) is 4.79 Å². The second kappa shape index (κ2) is 8.77. The van der Waals surface area contributed by atoms with Crippen LogP contribution in [-0.4, -0.2) is 32.1 Å². The van der Waals surface area contributed by atoms with Crippen molar-refractivity contribution in [1.82, 2.24) is 5.32 Å². The van der Waals surface area contributed by atoms with E-state index in [4.69, 9.17) is 4.74 Å². The van der Waals surface area contributed by atoms with E-state index in [1.54, 1.807) is 6.07 Å². The van der Waals surface area contributed by atoms with Crippen molar-refractivity contribution in [3.63, 3.8) is 0 Å². The molecule has 1 N–H and O–H groups in total. The van der Waals surface area contributed by atoms with E-state index < -0.39 is 18.0 Å². The van der Waals surface area contributed by atoms with Gasteiger partial charge in [-0.1, -0.05) is 28.1 Å². The lowest BCUT2D eigenvalue weighted by Gasteiger charge is -2.18. The number of halogens is 1. The molecule has 25 heavy (non-hydrogen) atoms. The number of hydrogen-bond donors (Lipinski definition) is 1. The number of methoxy groups -OCH3 is 2. The molecule has 0 spiro atoms. The molecular formula is C17H16BrNO5S. The van der Waals surface area contributed by atoms with E-state index in [9.17, 15) is 14.4 Å². The van der Waals surface area contributed by atoms with Crippen LogP contribution in [0.15, 0.2) is 40.9 Å². The van der Waals surface area contributed by atoms with Gasteiger partial charge in [-0.2, -0.15) is 0 Å². The Labute approximate surface area is 157 Å². The number of carbonyl (C=O) groups excluding carboxylic acids is 3. The van der Waals surface area contributed by atoms with Crippen molar-refractivity contribution in [3.8, 4) is 0 Å². The summed E-state index contributed by atoms with van der Waals surface area (Å²) < 4.78 is 10.2. The topological polar surface area (TPSA) is 81.7 Å². The number of benzene rings is 1. The monoisotopic (exact) mass is 425 g/mol. The van der Waals surface area contributed by atoms with E-state index in [0.717, 1.165) is 21.4 Å². The lowest BCUT2D eigenvalue weighted by molar-refractivity contribution is -0.141. The third-order valence-corrected chi connectivity index (χ3v) is 4.93. The Balaban J connectivity index is 2.20. The molecule has 1 atom stereocenters. The number of nitrogens with one attached hydrogen (secondary N) is 1. The second-order valence-corrected chi connectivity index (χ2v) is 7.02. The molecule has 8 heteroatoms. The fourth-order valence-electron chi connectivity index (χ4n) is 2.13. The lowest BCUT2D eigenvalue weighted by Crippen LogP contribution is -2.30. The molecule has 132 valence electrons. The number of esters is 2. The SMILES string of the molecule is COC(=O)CC(NC(=O)c1ccc(C(=O)OC)s1)c1cccc(Br)c1. The normalized spacial score (nSPS) is 11.5. The largest absolute Gasteiger partial charge is 0.469 e. The standard InChI is InChI=1S/C17H16BrNO5S/c1-23-15(20)9-12(10-4-3-5-11(18)8-10)19-16(21)13-6-7-14(25-13)17(22)24-2/h3-8,12H,9H2,1-2H3,(H,19,21). The van der Waals surface area contributed by atoms with Crippen molar-refractivity contribution in [1.29, 1.82) is 0 Å². The molecule has 0 aliphatic heterocycles. The highest BCUT2D eigenvalue weighted by Crippen LogP contribution is 2.23. The van der Waals surface area contributed by atoms with Gasteiger partial charge in [0.25, 0.3) is 5.91 Å². The molecule has 1 aromatic carbocycles. The average molecular weight is 426 g/mol. The van der Waals surface area contributed by atoms with E-state index in [0.29, 0.717) is 9.75 Å². The lowest BCUT2D eigenvalue weighted by atomic mass is 10.0. The molecule has 1 unspecified atom stereocenters. The van der Waals surface area contributed by atoms with Crippen molar-refractivity contribution in [2.45, 2.75) is 12.5 Å². The van der Waals surface area contributed by atoms with Crippen LogP contribution in [0.2, 0.25) is 0 Å². The van der Waals surface area contributed by atoms with Crippen LogP contribution in [0.4, 0.5) is 0 Å². The van der Waals surface area contributed by atoms with E-state index in [-0.39, 0.29) is 12.3 Å². The highest BCUT2D eigenvalue weighted by molar-refractivity contribution is 9.10. The number of ether oxygens (including phenoxy) is 2. The van der Waals surface area contributed by atoms with Crippen LogP contribution in [0.1, 0.15) is 37.4 Å². The minimum Gasteiger partial charge on any atom is -0.469 e. The second-order valence-electron chi connectivity index (χ2n) is 5.02. The summed E-state index contributed by atoms with van der Waals surface area (Å²) in [6.07, 6.45) is -0.00602. The van der Waals surface area contributed by atoms with Gasteiger partial charge in [-0.15, -0.1) is 11.3 Å². The third-order valence-electron chi connectivity index (χ3n) is 3.37. The number of amides is 1. The van der Waals surface area contributed by atoms with Crippen LogP contribution in [0.5, 0.6) is 0 Å². The van der Waals surface area contributed by atoms with Crippen LogP contribution in [0.25, 0.3) is 0 Å². The Morgan fingerprint density at radius 1 is 1.12 bits per heavy atom. The van der Waals surface area contributed by atoms with Gasteiger partial charge in [0.05, 0.1) is 31.6 Å².